The fourth-order valence-electron chi connectivity index (χ4n) is 1.79. The normalized spacial score (nSPS) is 10.3. The second-order valence-corrected chi connectivity index (χ2v) is 4.93. The van der Waals surface area contributed by atoms with Crippen molar-refractivity contribution in [1.29, 1.82) is 0 Å². The van der Waals surface area contributed by atoms with E-state index >= 15 is 0 Å². The number of benzene rings is 1. The molecular formula is C14H22ClN3O. The van der Waals surface area contributed by atoms with E-state index in [9.17, 15) is 4.79 Å². The van der Waals surface area contributed by atoms with E-state index in [1.807, 2.05) is 44.1 Å². The molecule has 19 heavy (non-hydrogen) atoms. The van der Waals surface area contributed by atoms with E-state index < -0.39 is 0 Å². The first-order valence-electron chi connectivity index (χ1n) is 6.49. The Morgan fingerprint density at radius 3 is 2.74 bits per heavy atom. The number of carbonyl (C=O) groups excluding carboxylic acids is 1. The zero-order chi connectivity index (χ0) is 14.3. The van der Waals surface area contributed by atoms with Crippen molar-refractivity contribution in [3.05, 3.63) is 28.8 Å². The number of nitrogens with zero attached hydrogens (tertiary/aromatic N) is 1. The number of hydrogen-bond donors (Lipinski definition) is 2. The van der Waals surface area contributed by atoms with E-state index in [-0.39, 0.29) is 5.91 Å². The third kappa shape index (κ3) is 5.09. The Labute approximate surface area is 120 Å². The molecule has 0 saturated heterocycles. The van der Waals surface area contributed by atoms with E-state index in [1.54, 1.807) is 0 Å². The van der Waals surface area contributed by atoms with Gasteiger partial charge in [0.05, 0.1) is 17.3 Å². The minimum absolute atomic E-state index is 0.0136. The second-order valence-electron chi connectivity index (χ2n) is 4.52. The summed E-state index contributed by atoms with van der Waals surface area (Å²) < 4.78 is 0. The molecule has 1 amide bonds. The maximum absolute atomic E-state index is 11.7. The van der Waals surface area contributed by atoms with Gasteiger partial charge < -0.3 is 15.5 Å². The minimum Gasteiger partial charge on any atom is -0.364 e. The molecule has 1 aromatic carbocycles. The van der Waals surface area contributed by atoms with Crippen molar-refractivity contribution in [3.8, 4) is 0 Å². The van der Waals surface area contributed by atoms with Gasteiger partial charge in [-0.15, -0.1) is 0 Å². The van der Waals surface area contributed by atoms with Gasteiger partial charge in [-0.3, -0.25) is 4.79 Å². The quantitative estimate of drug-likeness (QED) is 0.805. The molecule has 0 aromatic heterocycles. The van der Waals surface area contributed by atoms with Crippen molar-refractivity contribution in [2.45, 2.75) is 19.9 Å². The molecule has 4 nitrogen and oxygen atoms in total. The molecule has 0 bridgehead atoms. The average molecular weight is 284 g/mol. The monoisotopic (exact) mass is 283 g/mol. The van der Waals surface area contributed by atoms with Gasteiger partial charge >= 0.3 is 0 Å². The molecule has 0 saturated carbocycles. The van der Waals surface area contributed by atoms with Crippen LogP contribution in [0.2, 0.25) is 5.02 Å². The smallest absolute Gasteiger partial charge is 0.239 e. The number of halogens is 1. The summed E-state index contributed by atoms with van der Waals surface area (Å²) in [5.41, 5.74) is 1.99. The fraction of sp³-hybridized carbons (Fsp3) is 0.500. The molecule has 0 heterocycles. The molecule has 0 unspecified atom stereocenters. The van der Waals surface area contributed by atoms with Crippen LogP contribution in [-0.2, 0) is 11.3 Å². The van der Waals surface area contributed by atoms with Gasteiger partial charge in [0.2, 0.25) is 5.91 Å². The number of likely N-dealkylation sites (N-methyl/N-ethyl adjacent to an activating group) is 1. The Balaban J connectivity index is 2.66. The molecule has 106 valence electrons. The molecule has 0 spiro atoms. The van der Waals surface area contributed by atoms with Gasteiger partial charge in [-0.05, 0) is 31.2 Å². The van der Waals surface area contributed by atoms with E-state index in [2.05, 4.69) is 10.6 Å². The second kappa shape index (κ2) is 8.02. The molecule has 0 aliphatic heterocycles. The van der Waals surface area contributed by atoms with Crippen molar-refractivity contribution in [1.82, 2.24) is 10.6 Å². The summed E-state index contributed by atoms with van der Waals surface area (Å²) in [7, 11) is 3.76. The highest BCUT2D eigenvalue weighted by molar-refractivity contribution is 6.33. The van der Waals surface area contributed by atoms with Crippen LogP contribution in [0.5, 0.6) is 0 Å². The van der Waals surface area contributed by atoms with Crippen molar-refractivity contribution >= 4 is 23.2 Å². The molecule has 0 aliphatic carbocycles. The molecule has 1 aromatic rings. The number of nitrogens with one attached hydrogen (secondary N) is 2. The zero-order valence-corrected chi connectivity index (χ0v) is 12.5. The maximum atomic E-state index is 11.7. The molecule has 0 atom stereocenters. The molecule has 0 aliphatic rings. The highest BCUT2D eigenvalue weighted by Crippen LogP contribution is 2.25. The Morgan fingerprint density at radius 2 is 2.16 bits per heavy atom. The topological polar surface area (TPSA) is 44.4 Å². The predicted octanol–water partition coefficient (Wildman–Crippen LogP) is 2.02. The lowest BCUT2D eigenvalue weighted by atomic mass is 10.2. The SMILES string of the molecule is CCCNC(=O)CN(C)c1ccc(CNC)cc1Cl. The summed E-state index contributed by atoms with van der Waals surface area (Å²) in [5, 5.41) is 6.59. The molecule has 0 radical (unpaired) electrons. The Hall–Kier alpha value is -1.26. The average Bonchev–Trinajstić information content (AvgIpc) is 2.36. The lowest BCUT2D eigenvalue weighted by Gasteiger charge is -2.20. The van der Waals surface area contributed by atoms with Crippen LogP contribution in [0, 0.1) is 0 Å². The molecule has 1 rings (SSSR count). The fourth-order valence-corrected chi connectivity index (χ4v) is 2.14. The Morgan fingerprint density at radius 1 is 1.42 bits per heavy atom. The van der Waals surface area contributed by atoms with Crippen LogP contribution in [0.4, 0.5) is 5.69 Å². The summed E-state index contributed by atoms with van der Waals surface area (Å²) in [6, 6.07) is 5.88. The van der Waals surface area contributed by atoms with Crippen LogP contribution in [0.25, 0.3) is 0 Å². The molecule has 2 N–H and O–H groups in total. The first kappa shape index (κ1) is 15.8. The maximum Gasteiger partial charge on any atom is 0.239 e. The highest BCUT2D eigenvalue weighted by Gasteiger charge is 2.10. The third-order valence-electron chi connectivity index (χ3n) is 2.76. The van der Waals surface area contributed by atoms with Crippen LogP contribution in [0.1, 0.15) is 18.9 Å². The lowest BCUT2D eigenvalue weighted by molar-refractivity contribution is -0.119. The molecular weight excluding hydrogens is 262 g/mol. The van der Waals surface area contributed by atoms with Gasteiger partial charge in [-0.1, -0.05) is 24.6 Å². The highest BCUT2D eigenvalue weighted by atomic mass is 35.5. The van der Waals surface area contributed by atoms with Crippen LogP contribution in [0.15, 0.2) is 18.2 Å². The number of hydrogen-bond acceptors (Lipinski definition) is 3. The van der Waals surface area contributed by atoms with Crippen molar-refractivity contribution in [3.63, 3.8) is 0 Å². The van der Waals surface area contributed by atoms with E-state index in [4.69, 9.17) is 11.6 Å². The number of carbonyl (C=O) groups is 1. The van der Waals surface area contributed by atoms with Crippen LogP contribution < -0.4 is 15.5 Å². The molecule has 5 heteroatoms. The summed E-state index contributed by atoms with van der Waals surface area (Å²) in [6.07, 6.45) is 0.939. The van der Waals surface area contributed by atoms with Crippen LogP contribution >= 0.6 is 11.6 Å². The van der Waals surface area contributed by atoms with Gasteiger partial charge in [0.15, 0.2) is 0 Å². The number of rotatable bonds is 7. The summed E-state index contributed by atoms with van der Waals surface area (Å²) in [4.78, 5) is 13.5. The van der Waals surface area contributed by atoms with Gasteiger partial charge in [0.1, 0.15) is 0 Å². The molecule has 0 fully saturated rings. The Bertz CT molecular complexity index is 423. The standard InChI is InChI=1S/C14H22ClN3O/c1-4-7-17-14(19)10-18(3)13-6-5-11(9-16-2)8-12(13)15/h5-6,8,16H,4,7,9-10H2,1-3H3,(H,17,19). The zero-order valence-electron chi connectivity index (χ0n) is 11.8. The van der Waals surface area contributed by atoms with E-state index in [0.717, 1.165) is 24.2 Å². The number of anilines is 1. The van der Waals surface area contributed by atoms with Crippen molar-refractivity contribution < 1.29 is 4.79 Å². The van der Waals surface area contributed by atoms with Crippen molar-refractivity contribution in [2.75, 3.05) is 32.1 Å². The van der Waals surface area contributed by atoms with Crippen molar-refractivity contribution in [2.24, 2.45) is 0 Å². The largest absolute Gasteiger partial charge is 0.364 e. The summed E-state index contributed by atoms with van der Waals surface area (Å²) >= 11 is 6.25. The first-order valence-corrected chi connectivity index (χ1v) is 6.87. The van der Waals surface area contributed by atoms with Gasteiger partial charge in [-0.2, -0.15) is 0 Å². The summed E-state index contributed by atoms with van der Waals surface area (Å²) in [6.45, 7) is 3.83. The van der Waals surface area contributed by atoms with E-state index in [1.165, 1.54) is 0 Å². The van der Waals surface area contributed by atoms with Crippen LogP contribution in [0.3, 0.4) is 0 Å². The minimum atomic E-state index is 0.0136. The summed E-state index contributed by atoms with van der Waals surface area (Å²) in [5.74, 6) is 0.0136. The van der Waals surface area contributed by atoms with Crippen LogP contribution in [-0.4, -0.2) is 33.1 Å². The predicted molar refractivity (Wildman–Crippen MR) is 80.8 cm³/mol. The van der Waals surface area contributed by atoms with Gasteiger partial charge in [0.25, 0.3) is 0 Å². The van der Waals surface area contributed by atoms with Gasteiger partial charge in [-0.25, -0.2) is 0 Å². The third-order valence-corrected chi connectivity index (χ3v) is 3.06. The van der Waals surface area contributed by atoms with E-state index in [0.29, 0.717) is 18.1 Å². The Kier molecular flexibility index (Phi) is 6.67. The number of amides is 1. The first-order chi connectivity index (χ1) is 9.08. The van der Waals surface area contributed by atoms with Gasteiger partial charge in [0, 0.05) is 20.1 Å². The lowest BCUT2D eigenvalue weighted by Crippen LogP contribution is -2.35.